The van der Waals surface area contributed by atoms with Crippen LogP contribution in [-0.2, 0) is 4.79 Å². The van der Waals surface area contributed by atoms with Gasteiger partial charge in [0.15, 0.2) is 0 Å². The van der Waals surface area contributed by atoms with Crippen molar-refractivity contribution in [2.24, 2.45) is 11.8 Å². The molecule has 2 aliphatic carbocycles. The molecule has 0 aromatic rings. The Morgan fingerprint density at radius 1 is 1.53 bits per heavy atom. The van der Waals surface area contributed by atoms with Crippen LogP contribution < -0.4 is 10.6 Å². The lowest BCUT2D eigenvalue weighted by Crippen LogP contribution is -2.51. The zero-order chi connectivity index (χ0) is 10.8. The number of nitrogens with one attached hydrogen (secondary N) is 2. The van der Waals surface area contributed by atoms with Crippen LogP contribution in [-0.4, -0.2) is 24.5 Å². The fourth-order valence-corrected chi connectivity index (χ4v) is 2.54. The Labute approximate surface area is 91.3 Å². The highest BCUT2D eigenvalue weighted by molar-refractivity contribution is 5.78. The van der Waals surface area contributed by atoms with Gasteiger partial charge in [-0.1, -0.05) is 12.2 Å². The third kappa shape index (κ3) is 2.40. The Hall–Kier alpha value is -0.830. The molecule has 3 heteroatoms. The van der Waals surface area contributed by atoms with Gasteiger partial charge in [-0.15, -0.1) is 0 Å². The first kappa shape index (κ1) is 10.7. The second-order valence-corrected chi connectivity index (χ2v) is 4.95. The van der Waals surface area contributed by atoms with E-state index in [9.17, 15) is 4.79 Å². The number of hydrogen-bond donors (Lipinski definition) is 2. The fourth-order valence-electron chi connectivity index (χ4n) is 2.54. The van der Waals surface area contributed by atoms with E-state index in [2.05, 4.69) is 22.8 Å². The van der Waals surface area contributed by atoms with Crippen LogP contribution in [0.1, 0.15) is 26.7 Å². The van der Waals surface area contributed by atoms with Crippen molar-refractivity contribution in [2.45, 2.75) is 38.8 Å². The van der Waals surface area contributed by atoms with Crippen molar-refractivity contribution in [3.05, 3.63) is 12.2 Å². The van der Waals surface area contributed by atoms with Gasteiger partial charge in [0.1, 0.15) is 0 Å². The first-order valence-corrected chi connectivity index (χ1v) is 5.86. The van der Waals surface area contributed by atoms with Crippen LogP contribution >= 0.6 is 0 Å². The monoisotopic (exact) mass is 208 g/mol. The van der Waals surface area contributed by atoms with Gasteiger partial charge in [0.05, 0.1) is 6.54 Å². The van der Waals surface area contributed by atoms with E-state index in [1.54, 1.807) is 0 Å². The van der Waals surface area contributed by atoms with Gasteiger partial charge < -0.3 is 10.6 Å². The molecular weight excluding hydrogens is 188 g/mol. The maximum atomic E-state index is 11.4. The third-order valence-electron chi connectivity index (χ3n) is 3.34. The van der Waals surface area contributed by atoms with Gasteiger partial charge in [-0.25, -0.2) is 0 Å². The summed E-state index contributed by atoms with van der Waals surface area (Å²) in [6.45, 7) is 4.42. The molecular formula is C12H20N2O. The van der Waals surface area contributed by atoms with Crippen LogP contribution in [0, 0.1) is 11.8 Å². The minimum atomic E-state index is 0.107. The zero-order valence-corrected chi connectivity index (χ0v) is 9.49. The smallest absolute Gasteiger partial charge is 0.234 e. The molecule has 1 amide bonds. The molecule has 0 heterocycles. The molecule has 2 aliphatic rings. The SMILES string of the molecule is CC(C)NC(=O)CNC1CC2CC=CC21. The van der Waals surface area contributed by atoms with Crippen LogP contribution in [0.2, 0.25) is 0 Å². The Morgan fingerprint density at radius 2 is 2.33 bits per heavy atom. The lowest BCUT2D eigenvalue weighted by Gasteiger charge is -2.40. The summed E-state index contributed by atoms with van der Waals surface area (Å²) < 4.78 is 0. The number of amides is 1. The maximum Gasteiger partial charge on any atom is 0.234 e. The van der Waals surface area contributed by atoms with E-state index in [1.807, 2.05) is 13.8 Å². The van der Waals surface area contributed by atoms with Gasteiger partial charge in [-0.3, -0.25) is 4.79 Å². The predicted octanol–water partition coefficient (Wildman–Crippen LogP) is 1.07. The molecule has 1 fully saturated rings. The molecule has 2 rings (SSSR count). The molecule has 1 saturated carbocycles. The minimum absolute atomic E-state index is 0.107. The Kier molecular flexibility index (Phi) is 3.10. The number of carbonyl (C=O) groups excluding carboxylic acids is 1. The summed E-state index contributed by atoms with van der Waals surface area (Å²) in [5, 5.41) is 6.22. The quantitative estimate of drug-likeness (QED) is 0.678. The molecule has 0 aliphatic heterocycles. The Bertz CT molecular complexity index is 273. The molecule has 84 valence electrons. The number of fused-ring (bicyclic) bond motifs is 1. The van der Waals surface area contributed by atoms with Crippen molar-refractivity contribution in [3.63, 3.8) is 0 Å². The van der Waals surface area contributed by atoms with Gasteiger partial charge in [0, 0.05) is 12.1 Å². The summed E-state index contributed by atoms with van der Waals surface area (Å²) in [7, 11) is 0. The zero-order valence-electron chi connectivity index (χ0n) is 9.49. The molecule has 0 spiro atoms. The number of rotatable bonds is 4. The average Bonchev–Trinajstić information content (AvgIpc) is 2.46. The van der Waals surface area contributed by atoms with Crippen LogP contribution in [0.25, 0.3) is 0 Å². The number of carbonyl (C=O) groups is 1. The normalized spacial score (nSPS) is 32.6. The first-order valence-electron chi connectivity index (χ1n) is 5.86. The second kappa shape index (κ2) is 4.35. The molecule has 2 N–H and O–H groups in total. The molecule has 0 radical (unpaired) electrons. The van der Waals surface area contributed by atoms with Crippen molar-refractivity contribution in [2.75, 3.05) is 6.54 Å². The third-order valence-corrected chi connectivity index (χ3v) is 3.34. The highest BCUT2D eigenvalue weighted by Crippen LogP contribution is 2.42. The van der Waals surface area contributed by atoms with Crippen molar-refractivity contribution >= 4 is 5.91 Å². The van der Waals surface area contributed by atoms with Crippen molar-refractivity contribution in [3.8, 4) is 0 Å². The largest absolute Gasteiger partial charge is 0.353 e. The van der Waals surface area contributed by atoms with E-state index in [4.69, 9.17) is 0 Å². The average molecular weight is 208 g/mol. The lowest BCUT2D eigenvalue weighted by molar-refractivity contribution is -0.121. The van der Waals surface area contributed by atoms with Crippen LogP contribution in [0.15, 0.2) is 12.2 Å². The van der Waals surface area contributed by atoms with Gasteiger partial charge in [-0.05, 0) is 38.5 Å². The standard InChI is InChI=1S/C12H20N2O/c1-8(2)14-12(15)7-13-11-6-9-4-3-5-10(9)11/h3,5,8-11,13H,4,6-7H2,1-2H3,(H,14,15). The molecule has 3 nitrogen and oxygen atoms in total. The molecule has 3 atom stereocenters. The van der Waals surface area contributed by atoms with Gasteiger partial charge in [-0.2, -0.15) is 0 Å². The van der Waals surface area contributed by atoms with E-state index < -0.39 is 0 Å². The summed E-state index contributed by atoms with van der Waals surface area (Å²) in [5.74, 6) is 1.66. The highest BCUT2D eigenvalue weighted by Gasteiger charge is 2.40. The molecule has 15 heavy (non-hydrogen) atoms. The van der Waals surface area contributed by atoms with Crippen LogP contribution in [0.3, 0.4) is 0 Å². The second-order valence-electron chi connectivity index (χ2n) is 4.95. The van der Waals surface area contributed by atoms with Crippen molar-refractivity contribution in [1.29, 1.82) is 0 Å². The van der Waals surface area contributed by atoms with Crippen LogP contribution in [0.4, 0.5) is 0 Å². The minimum Gasteiger partial charge on any atom is -0.353 e. The van der Waals surface area contributed by atoms with E-state index in [-0.39, 0.29) is 11.9 Å². The maximum absolute atomic E-state index is 11.4. The number of hydrogen-bond acceptors (Lipinski definition) is 2. The first-order chi connectivity index (χ1) is 7.16. The molecule has 0 aromatic heterocycles. The molecule has 0 bridgehead atoms. The summed E-state index contributed by atoms with van der Waals surface area (Å²) in [4.78, 5) is 11.4. The Morgan fingerprint density at radius 3 is 3.00 bits per heavy atom. The number of allylic oxidation sites excluding steroid dienone is 1. The topological polar surface area (TPSA) is 41.1 Å². The predicted molar refractivity (Wildman–Crippen MR) is 60.4 cm³/mol. The molecule has 0 saturated heterocycles. The molecule has 3 unspecified atom stereocenters. The van der Waals surface area contributed by atoms with E-state index in [0.29, 0.717) is 18.5 Å². The van der Waals surface area contributed by atoms with Gasteiger partial charge in [0.25, 0.3) is 0 Å². The summed E-state index contributed by atoms with van der Waals surface area (Å²) in [5.41, 5.74) is 0. The van der Waals surface area contributed by atoms with E-state index >= 15 is 0 Å². The molecule has 0 aromatic carbocycles. The van der Waals surface area contributed by atoms with Crippen LogP contribution in [0.5, 0.6) is 0 Å². The van der Waals surface area contributed by atoms with Gasteiger partial charge >= 0.3 is 0 Å². The summed E-state index contributed by atoms with van der Waals surface area (Å²) >= 11 is 0. The van der Waals surface area contributed by atoms with Gasteiger partial charge in [0.2, 0.25) is 5.91 Å². The summed E-state index contributed by atoms with van der Waals surface area (Å²) in [6, 6.07) is 0.770. The summed E-state index contributed by atoms with van der Waals surface area (Å²) in [6.07, 6.45) is 7.03. The van der Waals surface area contributed by atoms with E-state index in [0.717, 1.165) is 5.92 Å². The lowest BCUT2D eigenvalue weighted by atomic mass is 9.71. The highest BCUT2D eigenvalue weighted by atomic mass is 16.1. The fraction of sp³-hybridized carbons (Fsp3) is 0.750. The van der Waals surface area contributed by atoms with Crippen molar-refractivity contribution in [1.82, 2.24) is 10.6 Å². The van der Waals surface area contributed by atoms with Crippen molar-refractivity contribution < 1.29 is 4.79 Å². The Balaban J connectivity index is 1.66. The van der Waals surface area contributed by atoms with E-state index in [1.165, 1.54) is 12.8 Å².